The fourth-order valence-corrected chi connectivity index (χ4v) is 2.30. The molecule has 0 fully saturated rings. The van der Waals surface area contributed by atoms with Gasteiger partial charge in [0.05, 0.1) is 20.0 Å². The molecular weight excluding hydrogens is 313 g/mol. The maximum Gasteiger partial charge on any atom is 0.256 e. The van der Waals surface area contributed by atoms with E-state index in [2.05, 4.69) is 10.1 Å². The maximum atomic E-state index is 13.5. The second kappa shape index (κ2) is 6.27. The van der Waals surface area contributed by atoms with Gasteiger partial charge in [-0.3, -0.25) is 9.36 Å². The Morgan fingerprint density at radius 2 is 2.08 bits per heavy atom. The molecule has 0 aliphatic heterocycles. The van der Waals surface area contributed by atoms with Crippen LogP contribution in [0.25, 0.3) is 11.3 Å². The second-order valence-corrected chi connectivity index (χ2v) is 5.42. The van der Waals surface area contributed by atoms with Crippen LogP contribution in [-0.2, 0) is 6.54 Å². The van der Waals surface area contributed by atoms with Crippen molar-refractivity contribution in [2.75, 3.05) is 7.11 Å². The topological polar surface area (TPSA) is 70.2 Å². The van der Waals surface area contributed by atoms with Crippen LogP contribution in [0.15, 0.2) is 39.9 Å². The van der Waals surface area contributed by atoms with E-state index in [0.29, 0.717) is 28.3 Å². The molecular formula is C17H16FN3O3. The molecule has 0 saturated heterocycles. The number of nitrogens with zero attached hydrogens (tertiary/aromatic N) is 3. The highest BCUT2D eigenvalue weighted by molar-refractivity contribution is 5.61. The van der Waals surface area contributed by atoms with Gasteiger partial charge >= 0.3 is 0 Å². The Kier molecular flexibility index (Phi) is 4.16. The molecule has 1 aromatic carbocycles. The van der Waals surface area contributed by atoms with E-state index < -0.39 is 5.82 Å². The summed E-state index contributed by atoms with van der Waals surface area (Å²) >= 11 is 0. The van der Waals surface area contributed by atoms with Crippen molar-refractivity contribution in [3.63, 3.8) is 0 Å². The molecule has 0 spiro atoms. The van der Waals surface area contributed by atoms with Crippen molar-refractivity contribution in [3.8, 4) is 17.0 Å². The van der Waals surface area contributed by atoms with E-state index in [9.17, 15) is 9.18 Å². The normalized spacial score (nSPS) is 10.8. The molecule has 2 aromatic heterocycles. The average Bonchev–Trinajstić information content (AvgIpc) is 3.04. The zero-order valence-corrected chi connectivity index (χ0v) is 13.5. The highest BCUT2D eigenvalue weighted by Crippen LogP contribution is 2.26. The van der Waals surface area contributed by atoms with Crippen LogP contribution in [-0.4, -0.2) is 21.8 Å². The summed E-state index contributed by atoms with van der Waals surface area (Å²) in [5.74, 6) is 0.185. The smallest absolute Gasteiger partial charge is 0.256 e. The minimum Gasteiger partial charge on any atom is -0.494 e. The number of halogens is 1. The van der Waals surface area contributed by atoms with E-state index in [1.54, 1.807) is 32.0 Å². The van der Waals surface area contributed by atoms with Crippen molar-refractivity contribution < 1.29 is 13.7 Å². The van der Waals surface area contributed by atoms with E-state index in [1.807, 2.05) is 0 Å². The van der Waals surface area contributed by atoms with Gasteiger partial charge in [0.1, 0.15) is 5.69 Å². The van der Waals surface area contributed by atoms with Crippen LogP contribution in [0, 0.1) is 19.7 Å². The van der Waals surface area contributed by atoms with Crippen LogP contribution in [0.3, 0.4) is 0 Å². The number of ether oxygens (including phenoxy) is 1. The average molecular weight is 329 g/mol. The van der Waals surface area contributed by atoms with E-state index in [4.69, 9.17) is 9.26 Å². The zero-order valence-electron chi connectivity index (χ0n) is 13.5. The molecule has 0 atom stereocenters. The molecule has 0 bridgehead atoms. The van der Waals surface area contributed by atoms with Crippen molar-refractivity contribution in [2.45, 2.75) is 20.4 Å². The summed E-state index contributed by atoms with van der Waals surface area (Å²) in [6.07, 6.45) is 1.48. The van der Waals surface area contributed by atoms with Crippen LogP contribution in [0.2, 0.25) is 0 Å². The van der Waals surface area contributed by atoms with E-state index in [0.717, 1.165) is 0 Å². The van der Waals surface area contributed by atoms with Crippen LogP contribution < -0.4 is 10.3 Å². The molecule has 7 heteroatoms. The number of hydrogen-bond donors (Lipinski definition) is 0. The quantitative estimate of drug-likeness (QED) is 0.736. The first-order valence-corrected chi connectivity index (χ1v) is 7.31. The van der Waals surface area contributed by atoms with Crippen molar-refractivity contribution in [1.29, 1.82) is 0 Å². The van der Waals surface area contributed by atoms with Gasteiger partial charge in [-0.25, -0.2) is 9.37 Å². The number of aryl methyl sites for hydroxylation is 1. The number of hydrogen-bond acceptors (Lipinski definition) is 5. The van der Waals surface area contributed by atoms with Crippen molar-refractivity contribution >= 4 is 0 Å². The van der Waals surface area contributed by atoms with Gasteiger partial charge in [-0.05, 0) is 32.0 Å². The zero-order chi connectivity index (χ0) is 17.3. The SMILES string of the molecule is COc1cc(-c2cc(Cn3cnc(C)c(C)c3=O)on2)ccc1F. The molecule has 6 nitrogen and oxygen atoms in total. The summed E-state index contributed by atoms with van der Waals surface area (Å²) in [7, 11) is 1.40. The molecule has 0 saturated carbocycles. The second-order valence-electron chi connectivity index (χ2n) is 5.42. The third kappa shape index (κ3) is 2.92. The number of aromatic nitrogens is 3. The number of methoxy groups -OCH3 is 1. The van der Waals surface area contributed by atoms with Gasteiger partial charge in [-0.2, -0.15) is 0 Å². The van der Waals surface area contributed by atoms with Gasteiger partial charge < -0.3 is 9.26 Å². The lowest BCUT2D eigenvalue weighted by Gasteiger charge is -2.04. The Hall–Kier alpha value is -2.96. The summed E-state index contributed by atoms with van der Waals surface area (Å²) in [5.41, 5.74) is 2.37. The maximum absolute atomic E-state index is 13.5. The van der Waals surface area contributed by atoms with Gasteiger partial charge in [-0.15, -0.1) is 0 Å². The highest BCUT2D eigenvalue weighted by Gasteiger charge is 2.12. The van der Waals surface area contributed by atoms with Gasteiger partial charge in [0.15, 0.2) is 17.3 Å². The van der Waals surface area contributed by atoms with Crippen LogP contribution >= 0.6 is 0 Å². The first-order valence-electron chi connectivity index (χ1n) is 7.31. The summed E-state index contributed by atoms with van der Waals surface area (Å²) in [6, 6.07) is 6.14. The summed E-state index contributed by atoms with van der Waals surface area (Å²) in [6.45, 7) is 3.74. The predicted molar refractivity (Wildman–Crippen MR) is 85.5 cm³/mol. The van der Waals surface area contributed by atoms with Gasteiger partial charge in [0.2, 0.25) is 0 Å². The monoisotopic (exact) mass is 329 g/mol. The Morgan fingerprint density at radius 3 is 2.83 bits per heavy atom. The number of rotatable bonds is 4. The molecule has 0 aliphatic rings. The first kappa shape index (κ1) is 15.9. The predicted octanol–water partition coefficient (Wildman–Crippen LogP) is 2.71. The minimum atomic E-state index is -0.447. The molecule has 0 N–H and O–H groups in total. The van der Waals surface area contributed by atoms with Gasteiger partial charge in [0, 0.05) is 22.9 Å². The standard InChI is InChI=1S/C17H16FN3O3/c1-10-11(2)19-9-21(17(10)22)8-13-7-15(20-24-13)12-4-5-14(18)16(6-12)23-3/h4-7,9H,8H2,1-3H3. The highest BCUT2D eigenvalue weighted by atomic mass is 19.1. The lowest BCUT2D eigenvalue weighted by Crippen LogP contribution is -2.24. The fraction of sp³-hybridized carbons (Fsp3) is 0.235. The van der Waals surface area contributed by atoms with Gasteiger partial charge in [0.25, 0.3) is 5.56 Å². The van der Waals surface area contributed by atoms with Crippen LogP contribution in [0.5, 0.6) is 5.75 Å². The largest absolute Gasteiger partial charge is 0.494 e. The Labute approximate surface area is 137 Å². The Morgan fingerprint density at radius 1 is 1.29 bits per heavy atom. The lowest BCUT2D eigenvalue weighted by atomic mass is 10.1. The van der Waals surface area contributed by atoms with Crippen molar-refractivity contribution in [1.82, 2.24) is 14.7 Å². The van der Waals surface area contributed by atoms with E-state index in [-0.39, 0.29) is 17.9 Å². The van der Waals surface area contributed by atoms with Crippen molar-refractivity contribution in [2.24, 2.45) is 0 Å². The molecule has 0 unspecified atom stereocenters. The molecule has 124 valence electrons. The molecule has 3 aromatic rings. The third-order valence-corrected chi connectivity index (χ3v) is 3.85. The number of benzene rings is 1. The van der Waals surface area contributed by atoms with Gasteiger partial charge in [-0.1, -0.05) is 5.16 Å². The molecule has 0 radical (unpaired) electrons. The molecule has 2 heterocycles. The summed E-state index contributed by atoms with van der Waals surface area (Å²) < 4.78 is 25.2. The van der Waals surface area contributed by atoms with Crippen molar-refractivity contribution in [3.05, 3.63) is 63.8 Å². The Bertz CT molecular complexity index is 946. The van der Waals surface area contributed by atoms with Crippen LogP contribution in [0.1, 0.15) is 17.0 Å². The lowest BCUT2D eigenvalue weighted by molar-refractivity contribution is 0.375. The third-order valence-electron chi connectivity index (χ3n) is 3.85. The molecule has 0 amide bonds. The molecule has 3 rings (SSSR count). The molecule has 0 aliphatic carbocycles. The summed E-state index contributed by atoms with van der Waals surface area (Å²) in [5, 5.41) is 3.97. The van der Waals surface area contributed by atoms with E-state index >= 15 is 0 Å². The Balaban J connectivity index is 1.89. The first-order chi connectivity index (χ1) is 11.5. The minimum absolute atomic E-state index is 0.121. The van der Waals surface area contributed by atoms with Crippen LogP contribution in [0.4, 0.5) is 4.39 Å². The molecule has 24 heavy (non-hydrogen) atoms. The van der Waals surface area contributed by atoms with E-state index in [1.165, 1.54) is 24.1 Å². The summed E-state index contributed by atoms with van der Waals surface area (Å²) in [4.78, 5) is 16.4. The fourth-order valence-electron chi connectivity index (χ4n) is 2.30.